The minimum atomic E-state index is 0.938. The Hall–Kier alpha value is -6.44. The van der Waals surface area contributed by atoms with E-state index in [0.29, 0.717) is 0 Å². The van der Waals surface area contributed by atoms with Crippen LogP contribution in [-0.4, -0.2) is 0 Å². The molecule has 0 bridgehead atoms. The van der Waals surface area contributed by atoms with Crippen molar-refractivity contribution in [3.05, 3.63) is 199 Å². The summed E-state index contributed by atoms with van der Waals surface area (Å²) in [6.45, 7) is 0. The molecule has 9 aromatic rings. The Labute approximate surface area is 298 Å². The van der Waals surface area contributed by atoms with Gasteiger partial charge in [-0.05, 0) is 120 Å². The average Bonchev–Trinajstić information content (AvgIpc) is 3.21. The Morgan fingerprint density at radius 2 is 0.863 bits per heavy atom. The Bertz CT molecular complexity index is 2850. The van der Waals surface area contributed by atoms with Gasteiger partial charge in [0.1, 0.15) is 0 Å². The summed E-state index contributed by atoms with van der Waals surface area (Å²) in [6.07, 6.45) is 6.63. The fourth-order valence-corrected chi connectivity index (χ4v) is 8.30. The van der Waals surface area contributed by atoms with E-state index in [1.165, 1.54) is 93.2 Å². The maximum atomic E-state index is 2.48. The van der Waals surface area contributed by atoms with Crippen LogP contribution in [0.2, 0.25) is 0 Å². The third kappa shape index (κ3) is 5.01. The smallest absolute Gasteiger partial charge is 0.0536 e. The molecule has 0 saturated heterocycles. The highest BCUT2D eigenvalue weighted by Crippen LogP contribution is 2.42. The zero-order valence-corrected chi connectivity index (χ0v) is 28.3. The van der Waals surface area contributed by atoms with Crippen molar-refractivity contribution in [1.82, 2.24) is 0 Å². The van der Waals surface area contributed by atoms with Crippen LogP contribution < -0.4 is 4.90 Å². The highest BCUT2D eigenvalue weighted by molar-refractivity contribution is 6.14. The van der Waals surface area contributed by atoms with E-state index in [1.807, 2.05) is 0 Å². The van der Waals surface area contributed by atoms with Crippen LogP contribution in [-0.2, 0) is 0 Å². The van der Waals surface area contributed by atoms with Gasteiger partial charge in [-0.2, -0.15) is 0 Å². The quantitative estimate of drug-likeness (QED) is 0.168. The molecule has 0 saturated carbocycles. The van der Waals surface area contributed by atoms with E-state index < -0.39 is 0 Å². The summed E-state index contributed by atoms with van der Waals surface area (Å²) in [5.41, 5.74) is 8.88. The zero-order chi connectivity index (χ0) is 33.7. The Kier molecular flexibility index (Phi) is 7.03. The lowest BCUT2D eigenvalue weighted by molar-refractivity contribution is 0.933. The van der Waals surface area contributed by atoms with Crippen LogP contribution in [0.3, 0.4) is 0 Å². The number of fused-ring (bicyclic) bond motifs is 7. The van der Waals surface area contributed by atoms with E-state index in [0.717, 1.165) is 12.8 Å². The van der Waals surface area contributed by atoms with Gasteiger partial charge in [0.15, 0.2) is 0 Å². The number of anilines is 2. The Morgan fingerprint density at radius 1 is 0.353 bits per heavy atom. The molecule has 0 N–H and O–H groups in total. The standard InChI is InChI=1S/C50H35N/c1-6-18-43-34(12-1)15-11-23-50(43)51(39-28-24-35(25-29-39)48-32-37-13-2-4-16-41(37)44-19-7-9-21-46(44)48)40-30-26-36(27-31-40)49-33-38-14-3-5-17-42(38)45-20-8-10-22-47(45)49/h1-26,28-30,32-33H,27,31H2. The number of rotatable bonds is 5. The molecular formula is C50H35N. The number of hydrogen-bond acceptors (Lipinski definition) is 1. The normalized spacial score (nSPS) is 13.2. The van der Waals surface area contributed by atoms with Gasteiger partial charge in [0.05, 0.1) is 5.69 Å². The number of benzene rings is 9. The second-order valence-electron chi connectivity index (χ2n) is 13.6. The number of nitrogens with zero attached hydrogens (tertiary/aromatic N) is 1. The fourth-order valence-electron chi connectivity index (χ4n) is 8.30. The minimum absolute atomic E-state index is 0.938. The predicted molar refractivity (Wildman–Crippen MR) is 220 cm³/mol. The van der Waals surface area contributed by atoms with Crippen LogP contribution >= 0.6 is 0 Å². The first-order valence-electron chi connectivity index (χ1n) is 17.9. The van der Waals surface area contributed by atoms with Gasteiger partial charge in [-0.1, -0.05) is 152 Å². The van der Waals surface area contributed by atoms with Gasteiger partial charge in [-0.3, -0.25) is 0 Å². The lowest BCUT2D eigenvalue weighted by Crippen LogP contribution is -2.18. The van der Waals surface area contributed by atoms with Gasteiger partial charge in [-0.15, -0.1) is 0 Å². The van der Waals surface area contributed by atoms with Crippen LogP contribution in [0, 0.1) is 0 Å². The van der Waals surface area contributed by atoms with Gasteiger partial charge in [0, 0.05) is 16.8 Å². The summed E-state index contributed by atoms with van der Waals surface area (Å²) in [5, 5.41) is 12.9. The van der Waals surface area contributed by atoms with Gasteiger partial charge in [0.2, 0.25) is 0 Å². The molecular weight excluding hydrogens is 615 g/mol. The van der Waals surface area contributed by atoms with Crippen molar-refractivity contribution in [2.45, 2.75) is 12.8 Å². The second kappa shape index (κ2) is 12.2. The van der Waals surface area contributed by atoms with E-state index in [2.05, 4.69) is 193 Å². The Balaban J connectivity index is 1.11. The van der Waals surface area contributed by atoms with Crippen LogP contribution in [0.1, 0.15) is 18.4 Å². The molecule has 9 aromatic carbocycles. The van der Waals surface area contributed by atoms with E-state index in [1.54, 1.807) is 0 Å². The number of hydrogen-bond donors (Lipinski definition) is 0. The summed E-state index contributed by atoms with van der Waals surface area (Å²) in [6, 6.07) is 64.5. The van der Waals surface area contributed by atoms with E-state index in [9.17, 15) is 0 Å². The first-order chi connectivity index (χ1) is 25.3. The molecule has 0 heterocycles. The molecule has 1 nitrogen and oxygen atoms in total. The summed E-state index contributed by atoms with van der Waals surface area (Å²) in [5.74, 6) is 0. The van der Waals surface area contributed by atoms with Crippen LogP contribution in [0.15, 0.2) is 194 Å². The van der Waals surface area contributed by atoms with Crippen LogP contribution in [0.4, 0.5) is 11.4 Å². The molecule has 0 atom stereocenters. The molecule has 1 heteroatoms. The highest BCUT2D eigenvalue weighted by atomic mass is 15.1. The zero-order valence-electron chi connectivity index (χ0n) is 28.3. The molecule has 0 aliphatic heterocycles. The minimum Gasteiger partial charge on any atom is -0.314 e. The second-order valence-corrected chi connectivity index (χ2v) is 13.6. The van der Waals surface area contributed by atoms with Crippen molar-refractivity contribution < 1.29 is 0 Å². The molecule has 51 heavy (non-hydrogen) atoms. The summed E-state index contributed by atoms with van der Waals surface area (Å²) < 4.78 is 0. The number of allylic oxidation sites excluding steroid dienone is 4. The van der Waals surface area contributed by atoms with Crippen molar-refractivity contribution in [2.75, 3.05) is 4.90 Å². The van der Waals surface area contributed by atoms with Gasteiger partial charge < -0.3 is 4.90 Å². The first-order valence-corrected chi connectivity index (χ1v) is 17.9. The molecule has 0 amide bonds. The maximum Gasteiger partial charge on any atom is 0.0536 e. The first kappa shape index (κ1) is 29.5. The van der Waals surface area contributed by atoms with Crippen molar-refractivity contribution in [3.63, 3.8) is 0 Å². The molecule has 1 aliphatic carbocycles. The Morgan fingerprint density at radius 3 is 1.49 bits per heavy atom. The summed E-state index contributed by atoms with van der Waals surface area (Å²) in [7, 11) is 0. The average molecular weight is 650 g/mol. The van der Waals surface area contributed by atoms with Crippen molar-refractivity contribution in [3.8, 4) is 11.1 Å². The van der Waals surface area contributed by atoms with Crippen molar-refractivity contribution in [2.24, 2.45) is 0 Å². The molecule has 0 fully saturated rings. The van der Waals surface area contributed by atoms with Gasteiger partial charge in [-0.25, -0.2) is 0 Å². The molecule has 240 valence electrons. The largest absolute Gasteiger partial charge is 0.314 e. The SMILES string of the molecule is C1=C(c2cc3ccccc3c3ccccc23)CCC(N(c2ccc(-c3cc4ccccc4c4ccccc34)cc2)c2cccc3ccccc23)=C1. The third-order valence-electron chi connectivity index (χ3n) is 10.7. The van der Waals surface area contributed by atoms with Crippen LogP contribution in [0.25, 0.3) is 70.6 Å². The van der Waals surface area contributed by atoms with Crippen molar-refractivity contribution in [1.29, 1.82) is 0 Å². The lowest BCUT2D eigenvalue weighted by atomic mass is 9.88. The van der Waals surface area contributed by atoms with Crippen molar-refractivity contribution >= 4 is 70.8 Å². The van der Waals surface area contributed by atoms with Gasteiger partial charge in [0.25, 0.3) is 0 Å². The topological polar surface area (TPSA) is 3.24 Å². The highest BCUT2D eigenvalue weighted by Gasteiger charge is 2.21. The third-order valence-corrected chi connectivity index (χ3v) is 10.7. The van der Waals surface area contributed by atoms with E-state index in [4.69, 9.17) is 0 Å². The van der Waals surface area contributed by atoms with E-state index >= 15 is 0 Å². The van der Waals surface area contributed by atoms with Gasteiger partial charge >= 0.3 is 0 Å². The predicted octanol–water partition coefficient (Wildman–Crippen LogP) is 14.0. The summed E-state index contributed by atoms with van der Waals surface area (Å²) >= 11 is 0. The van der Waals surface area contributed by atoms with E-state index in [-0.39, 0.29) is 0 Å². The maximum absolute atomic E-state index is 2.48. The molecule has 0 radical (unpaired) electrons. The van der Waals surface area contributed by atoms with Crippen LogP contribution in [0.5, 0.6) is 0 Å². The molecule has 0 unspecified atom stereocenters. The molecule has 1 aliphatic rings. The molecule has 10 rings (SSSR count). The fraction of sp³-hybridized carbons (Fsp3) is 0.0400. The lowest BCUT2D eigenvalue weighted by Gasteiger charge is -2.31. The molecule has 0 spiro atoms. The summed E-state index contributed by atoms with van der Waals surface area (Å²) in [4.78, 5) is 2.48. The monoisotopic (exact) mass is 649 g/mol. The molecule has 0 aromatic heterocycles.